The van der Waals surface area contributed by atoms with Crippen LogP contribution in [0.4, 0.5) is 0 Å². The topological polar surface area (TPSA) is 53.5 Å². The fraction of sp³-hybridized carbons (Fsp3) is 0.250. The fourth-order valence-corrected chi connectivity index (χ4v) is 3.75. The average Bonchev–Trinajstić information content (AvgIpc) is 3.23. The summed E-state index contributed by atoms with van der Waals surface area (Å²) >= 11 is 6.51. The van der Waals surface area contributed by atoms with Gasteiger partial charge in [-0.25, -0.2) is 4.68 Å². The first kappa shape index (κ1) is 17.5. The minimum Gasteiger partial charge on any atom is -0.275 e. The Morgan fingerprint density at radius 2 is 1.41 bits per heavy atom. The van der Waals surface area contributed by atoms with Gasteiger partial charge in [0.25, 0.3) is 0 Å². The predicted octanol–water partition coefficient (Wildman–Crippen LogP) is 4.25. The first-order valence-electron chi connectivity index (χ1n) is 8.72. The van der Waals surface area contributed by atoms with E-state index in [0.717, 1.165) is 45.2 Å². The highest BCUT2D eigenvalue weighted by Crippen LogP contribution is 2.37. The van der Waals surface area contributed by atoms with Crippen LogP contribution in [0.1, 0.15) is 17.0 Å². The average molecular weight is 381 g/mol. The number of aryl methyl sites for hydroxylation is 4. The van der Waals surface area contributed by atoms with E-state index in [-0.39, 0.29) is 0 Å². The van der Waals surface area contributed by atoms with E-state index in [1.807, 2.05) is 78.6 Å². The van der Waals surface area contributed by atoms with Gasteiger partial charge in [-0.2, -0.15) is 15.3 Å². The summed E-state index contributed by atoms with van der Waals surface area (Å²) in [7, 11) is 3.84. The Morgan fingerprint density at radius 1 is 0.815 bits per heavy atom. The maximum Gasteiger partial charge on any atom is 0.0997 e. The second kappa shape index (κ2) is 6.39. The molecule has 0 bridgehead atoms. The summed E-state index contributed by atoms with van der Waals surface area (Å²) in [5, 5.41) is 14.6. The summed E-state index contributed by atoms with van der Waals surface area (Å²) in [4.78, 5) is 0. The fourth-order valence-electron chi connectivity index (χ4n) is 3.53. The highest BCUT2D eigenvalue weighted by atomic mass is 35.5. The molecule has 27 heavy (non-hydrogen) atoms. The van der Waals surface area contributed by atoms with Gasteiger partial charge in [0, 0.05) is 43.2 Å². The first-order valence-corrected chi connectivity index (χ1v) is 9.10. The summed E-state index contributed by atoms with van der Waals surface area (Å²) in [6.45, 7) is 6.09. The van der Waals surface area contributed by atoms with Crippen molar-refractivity contribution in [2.75, 3.05) is 0 Å². The van der Waals surface area contributed by atoms with Crippen molar-refractivity contribution in [3.8, 4) is 28.2 Å². The van der Waals surface area contributed by atoms with Crippen molar-refractivity contribution < 1.29 is 0 Å². The number of para-hydroxylation sites is 1. The number of halogens is 1. The van der Waals surface area contributed by atoms with Crippen molar-refractivity contribution in [2.24, 2.45) is 14.1 Å². The highest BCUT2D eigenvalue weighted by Gasteiger charge is 2.24. The number of nitrogens with zero attached hydrogens (tertiary/aromatic N) is 6. The van der Waals surface area contributed by atoms with Gasteiger partial charge in [0.15, 0.2) is 0 Å². The van der Waals surface area contributed by atoms with Crippen LogP contribution in [0.5, 0.6) is 0 Å². The molecule has 0 saturated carbocycles. The van der Waals surface area contributed by atoms with E-state index in [0.29, 0.717) is 5.02 Å². The van der Waals surface area contributed by atoms with Gasteiger partial charge >= 0.3 is 0 Å². The van der Waals surface area contributed by atoms with Gasteiger partial charge in [0.2, 0.25) is 0 Å². The van der Waals surface area contributed by atoms with Gasteiger partial charge in [-0.05, 0) is 32.9 Å². The number of benzene rings is 1. The summed E-state index contributed by atoms with van der Waals surface area (Å²) < 4.78 is 5.56. The third-order valence-electron chi connectivity index (χ3n) is 4.74. The van der Waals surface area contributed by atoms with Crippen LogP contribution in [0.25, 0.3) is 28.2 Å². The molecule has 3 heterocycles. The molecule has 0 unspecified atom stereocenters. The molecular weight excluding hydrogens is 360 g/mol. The van der Waals surface area contributed by atoms with Crippen LogP contribution in [0.2, 0.25) is 5.02 Å². The Hall–Kier alpha value is -2.86. The lowest BCUT2D eigenvalue weighted by molar-refractivity contribution is 0.756. The van der Waals surface area contributed by atoms with Gasteiger partial charge in [-0.15, -0.1) is 0 Å². The summed E-state index contributed by atoms with van der Waals surface area (Å²) in [5.74, 6) is 0. The number of rotatable bonds is 3. The predicted molar refractivity (Wildman–Crippen MR) is 107 cm³/mol. The maximum atomic E-state index is 6.51. The van der Waals surface area contributed by atoms with Gasteiger partial charge in [-0.3, -0.25) is 9.36 Å². The van der Waals surface area contributed by atoms with E-state index in [4.69, 9.17) is 16.7 Å². The Balaban J connectivity index is 2.05. The summed E-state index contributed by atoms with van der Waals surface area (Å²) in [5.41, 5.74) is 7.75. The number of hydrogen-bond acceptors (Lipinski definition) is 3. The lowest BCUT2D eigenvalue weighted by Gasteiger charge is -2.09. The lowest BCUT2D eigenvalue weighted by Crippen LogP contribution is -2.00. The molecule has 0 radical (unpaired) electrons. The maximum absolute atomic E-state index is 6.51. The van der Waals surface area contributed by atoms with Crippen LogP contribution >= 0.6 is 11.6 Å². The molecule has 0 N–H and O–H groups in total. The van der Waals surface area contributed by atoms with Crippen molar-refractivity contribution in [3.63, 3.8) is 0 Å². The number of hydrogen-bond donors (Lipinski definition) is 0. The molecule has 0 saturated heterocycles. The molecule has 0 amide bonds. The van der Waals surface area contributed by atoms with Gasteiger partial charge in [0.1, 0.15) is 0 Å². The molecule has 0 fully saturated rings. The van der Waals surface area contributed by atoms with Gasteiger partial charge in [0.05, 0.1) is 33.5 Å². The van der Waals surface area contributed by atoms with Crippen LogP contribution < -0.4 is 0 Å². The van der Waals surface area contributed by atoms with E-state index < -0.39 is 0 Å². The van der Waals surface area contributed by atoms with Crippen LogP contribution in [0, 0.1) is 20.8 Å². The Kier molecular flexibility index (Phi) is 4.15. The standard InChI is InChI=1S/C20H21ClN6/c1-12-19(15-10-25(4)22-13(15)2)24-27(18-9-7-6-8-17(18)21)20(12)16-11-26(5)23-14(16)3/h6-11H,1-5H3. The Morgan fingerprint density at radius 3 is 1.96 bits per heavy atom. The number of aromatic nitrogens is 6. The lowest BCUT2D eigenvalue weighted by atomic mass is 10.0. The molecule has 138 valence electrons. The Labute approximate surface area is 163 Å². The van der Waals surface area contributed by atoms with E-state index in [1.54, 1.807) is 0 Å². The third-order valence-corrected chi connectivity index (χ3v) is 5.06. The van der Waals surface area contributed by atoms with E-state index in [2.05, 4.69) is 17.1 Å². The zero-order valence-corrected chi connectivity index (χ0v) is 16.8. The molecule has 4 aromatic rings. The summed E-state index contributed by atoms with van der Waals surface area (Å²) in [6.07, 6.45) is 4.02. The minimum absolute atomic E-state index is 0.650. The normalized spacial score (nSPS) is 11.3. The van der Waals surface area contributed by atoms with Crippen molar-refractivity contribution in [3.05, 3.63) is 58.6 Å². The van der Waals surface area contributed by atoms with Crippen LogP contribution in [-0.4, -0.2) is 29.3 Å². The minimum atomic E-state index is 0.650. The molecule has 7 heteroatoms. The molecule has 4 rings (SSSR count). The van der Waals surface area contributed by atoms with Crippen molar-refractivity contribution >= 4 is 11.6 Å². The highest BCUT2D eigenvalue weighted by molar-refractivity contribution is 6.32. The van der Waals surface area contributed by atoms with Crippen LogP contribution in [-0.2, 0) is 14.1 Å². The van der Waals surface area contributed by atoms with Crippen molar-refractivity contribution in [2.45, 2.75) is 20.8 Å². The molecule has 3 aromatic heterocycles. The second-order valence-electron chi connectivity index (χ2n) is 6.79. The smallest absolute Gasteiger partial charge is 0.0997 e. The zero-order chi connectivity index (χ0) is 19.3. The van der Waals surface area contributed by atoms with Crippen LogP contribution in [0.3, 0.4) is 0 Å². The van der Waals surface area contributed by atoms with Crippen molar-refractivity contribution in [1.82, 2.24) is 29.3 Å². The Bertz CT molecular complexity index is 1150. The second-order valence-corrected chi connectivity index (χ2v) is 7.20. The quantitative estimate of drug-likeness (QED) is 0.533. The van der Waals surface area contributed by atoms with E-state index in [1.165, 1.54) is 0 Å². The monoisotopic (exact) mass is 380 g/mol. The largest absolute Gasteiger partial charge is 0.275 e. The van der Waals surface area contributed by atoms with Gasteiger partial charge < -0.3 is 0 Å². The van der Waals surface area contributed by atoms with Crippen molar-refractivity contribution in [1.29, 1.82) is 0 Å². The first-order chi connectivity index (χ1) is 12.9. The SMILES string of the molecule is Cc1nn(C)cc1-c1nn(-c2ccccc2Cl)c(-c2cn(C)nc2C)c1C. The molecule has 0 aliphatic rings. The molecular formula is C20H21ClN6. The molecule has 0 aliphatic heterocycles. The summed E-state index contributed by atoms with van der Waals surface area (Å²) in [6, 6.07) is 7.74. The van der Waals surface area contributed by atoms with Gasteiger partial charge in [-0.1, -0.05) is 23.7 Å². The molecule has 6 nitrogen and oxygen atoms in total. The van der Waals surface area contributed by atoms with E-state index >= 15 is 0 Å². The third kappa shape index (κ3) is 2.86. The van der Waals surface area contributed by atoms with E-state index in [9.17, 15) is 0 Å². The molecule has 1 aromatic carbocycles. The zero-order valence-electron chi connectivity index (χ0n) is 16.0. The molecule has 0 atom stereocenters. The van der Waals surface area contributed by atoms with Crippen LogP contribution in [0.15, 0.2) is 36.7 Å². The molecule has 0 aliphatic carbocycles. The molecule has 0 spiro atoms.